The second-order valence-corrected chi connectivity index (χ2v) is 10.4. The van der Waals surface area contributed by atoms with Gasteiger partial charge in [0.2, 0.25) is 0 Å². The van der Waals surface area contributed by atoms with Crippen LogP contribution in [0.4, 0.5) is 4.79 Å². The van der Waals surface area contributed by atoms with Gasteiger partial charge in [-0.3, -0.25) is 4.79 Å². The summed E-state index contributed by atoms with van der Waals surface area (Å²) in [5.74, 6) is 0.509. The number of amides is 3. The summed E-state index contributed by atoms with van der Waals surface area (Å²) in [5, 5.41) is 13.0. The van der Waals surface area contributed by atoms with Gasteiger partial charge in [0.1, 0.15) is 5.75 Å². The third kappa shape index (κ3) is 6.81. The quantitative estimate of drug-likeness (QED) is 0.454. The van der Waals surface area contributed by atoms with Gasteiger partial charge < -0.3 is 29.7 Å². The predicted molar refractivity (Wildman–Crippen MR) is 155 cm³/mol. The number of hydrogen-bond acceptors (Lipinski definition) is 5. The van der Waals surface area contributed by atoms with E-state index in [0.717, 1.165) is 28.0 Å². The monoisotopic (exact) mass is 545 g/mol. The Hall–Kier alpha value is -3.88. The average Bonchev–Trinajstić information content (AvgIpc) is 3.01. The zero-order valence-electron chi connectivity index (χ0n) is 23.7. The number of rotatable bonds is 7. The number of methoxy groups -OCH3 is 1. The normalized spacial score (nSPS) is 18.1. The summed E-state index contributed by atoms with van der Waals surface area (Å²) in [6.45, 7) is 5.14. The SMILES string of the molecule is COc1ccc(CNC(=O)N(C)C[C@H]2OCc3ccccc3-c3ccccc3C(=O)N([C@@H](C)CO)C[C@H]2C)cc1. The molecule has 1 aliphatic heterocycles. The average molecular weight is 546 g/mol. The Morgan fingerprint density at radius 3 is 2.40 bits per heavy atom. The lowest BCUT2D eigenvalue weighted by atomic mass is 9.94. The summed E-state index contributed by atoms with van der Waals surface area (Å²) in [4.78, 5) is 30.3. The van der Waals surface area contributed by atoms with Crippen LogP contribution in [0.2, 0.25) is 0 Å². The second kappa shape index (κ2) is 13.5. The Morgan fingerprint density at radius 2 is 1.73 bits per heavy atom. The van der Waals surface area contributed by atoms with Crippen molar-refractivity contribution in [1.82, 2.24) is 15.1 Å². The van der Waals surface area contributed by atoms with Crippen LogP contribution in [0.3, 0.4) is 0 Å². The number of carbonyl (C=O) groups is 2. The number of likely N-dealkylation sites (N-methyl/N-ethyl adjacent to an activating group) is 1. The smallest absolute Gasteiger partial charge is 0.317 e. The number of urea groups is 1. The van der Waals surface area contributed by atoms with Crippen LogP contribution in [0.5, 0.6) is 5.75 Å². The van der Waals surface area contributed by atoms with Crippen molar-refractivity contribution in [2.75, 3.05) is 33.9 Å². The molecular formula is C32H39N3O5. The summed E-state index contributed by atoms with van der Waals surface area (Å²) < 4.78 is 11.7. The molecule has 0 aliphatic carbocycles. The topological polar surface area (TPSA) is 91.3 Å². The molecule has 0 radical (unpaired) electrons. The van der Waals surface area contributed by atoms with Crippen LogP contribution < -0.4 is 10.1 Å². The Bertz CT molecular complexity index is 1300. The zero-order chi connectivity index (χ0) is 28.6. The molecule has 0 bridgehead atoms. The van der Waals surface area contributed by atoms with Crippen molar-refractivity contribution in [2.45, 2.75) is 39.1 Å². The molecule has 3 aromatic rings. The first kappa shape index (κ1) is 29.1. The number of nitrogens with zero attached hydrogens (tertiary/aromatic N) is 2. The lowest BCUT2D eigenvalue weighted by molar-refractivity contribution is -0.0184. The molecule has 0 fully saturated rings. The van der Waals surface area contributed by atoms with Gasteiger partial charge in [-0.1, -0.05) is 61.5 Å². The molecule has 0 saturated heterocycles. The van der Waals surface area contributed by atoms with Crippen molar-refractivity contribution in [3.8, 4) is 16.9 Å². The molecule has 3 aromatic carbocycles. The fourth-order valence-electron chi connectivity index (χ4n) is 4.96. The Kier molecular flexibility index (Phi) is 9.79. The maximum absolute atomic E-state index is 13.9. The third-order valence-electron chi connectivity index (χ3n) is 7.50. The van der Waals surface area contributed by atoms with Crippen molar-refractivity contribution >= 4 is 11.9 Å². The standard InChI is InChI=1S/C32H39N3O5/c1-22-18-35(23(2)20-36)31(37)29-12-8-7-11-28(29)27-10-6-5-9-25(27)21-40-30(22)19-34(3)32(38)33-17-24-13-15-26(39-4)16-14-24/h5-16,22-23,30,36H,17-21H2,1-4H3,(H,33,38)/t22-,23+,30-/m1/s1. The van der Waals surface area contributed by atoms with Crippen LogP contribution in [0.25, 0.3) is 11.1 Å². The molecule has 0 saturated carbocycles. The van der Waals surface area contributed by atoms with Crippen molar-refractivity contribution in [1.29, 1.82) is 0 Å². The van der Waals surface area contributed by atoms with E-state index < -0.39 is 0 Å². The van der Waals surface area contributed by atoms with Gasteiger partial charge in [-0.25, -0.2) is 4.79 Å². The Labute approximate surface area is 236 Å². The van der Waals surface area contributed by atoms with Crippen LogP contribution in [-0.2, 0) is 17.9 Å². The van der Waals surface area contributed by atoms with E-state index in [-0.39, 0.29) is 36.6 Å². The summed E-state index contributed by atoms with van der Waals surface area (Å²) in [6.07, 6.45) is -0.354. The molecule has 1 heterocycles. The second-order valence-electron chi connectivity index (χ2n) is 10.4. The van der Waals surface area contributed by atoms with Crippen LogP contribution in [0.1, 0.15) is 35.3 Å². The molecule has 0 spiro atoms. The summed E-state index contributed by atoms with van der Waals surface area (Å²) in [5.41, 5.74) is 4.29. The van der Waals surface area contributed by atoms with E-state index in [4.69, 9.17) is 9.47 Å². The van der Waals surface area contributed by atoms with Gasteiger partial charge in [-0.15, -0.1) is 0 Å². The largest absolute Gasteiger partial charge is 0.497 e. The van der Waals surface area contributed by atoms with Gasteiger partial charge in [0.05, 0.1) is 32.5 Å². The van der Waals surface area contributed by atoms with E-state index in [1.54, 1.807) is 24.0 Å². The lowest BCUT2D eigenvalue weighted by Crippen LogP contribution is -2.48. The first-order valence-electron chi connectivity index (χ1n) is 13.6. The molecule has 8 nitrogen and oxygen atoms in total. The molecule has 1 aliphatic rings. The van der Waals surface area contributed by atoms with Gasteiger partial charge in [0.25, 0.3) is 5.91 Å². The first-order valence-corrected chi connectivity index (χ1v) is 13.6. The van der Waals surface area contributed by atoms with E-state index >= 15 is 0 Å². The van der Waals surface area contributed by atoms with Crippen molar-refractivity contribution in [3.05, 3.63) is 89.5 Å². The fourth-order valence-corrected chi connectivity index (χ4v) is 4.96. The number of benzene rings is 3. The molecule has 4 rings (SSSR count). The Balaban J connectivity index is 1.56. The number of fused-ring (bicyclic) bond motifs is 3. The number of nitrogens with one attached hydrogen (secondary N) is 1. The highest BCUT2D eigenvalue weighted by atomic mass is 16.5. The minimum atomic E-state index is -0.384. The minimum Gasteiger partial charge on any atom is -0.497 e. The van der Waals surface area contributed by atoms with E-state index in [1.165, 1.54) is 0 Å². The minimum absolute atomic E-state index is 0.118. The molecule has 40 heavy (non-hydrogen) atoms. The van der Waals surface area contributed by atoms with Gasteiger partial charge in [0, 0.05) is 38.2 Å². The summed E-state index contributed by atoms with van der Waals surface area (Å²) in [7, 11) is 3.36. The van der Waals surface area contributed by atoms with E-state index in [2.05, 4.69) is 5.32 Å². The molecule has 3 amide bonds. The molecule has 212 valence electrons. The molecular weight excluding hydrogens is 506 g/mol. The highest BCUT2D eigenvalue weighted by Gasteiger charge is 2.31. The van der Waals surface area contributed by atoms with E-state index in [0.29, 0.717) is 31.8 Å². The number of carbonyl (C=O) groups excluding carboxylic acids is 2. The number of hydrogen-bond donors (Lipinski definition) is 2. The first-order chi connectivity index (χ1) is 19.3. The van der Waals surface area contributed by atoms with Crippen molar-refractivity contribution in [3.63, 3.8) is 0 Å². The van der Waals surface area contributed by atoms with E-state index in [9.17, 15) is 14.7 Å². The fraction of sp³-hybridized carbons (Fsp3) is 0.375. The van der Waals surface area contributed by atoms with Crippen LogP contribution >= 0.6 is 0 Å². The van der Waals surface area contributed by atoms with Crippen molar-refractivity contribution in [2.24, 2.45) is 5.92 Å². The molecule has 2 N–H and O–H groups in total. The Morgan fingerprint density at radius 1 is 1.07 bits per heavy atom. The third-order valence-corrected chi connectivity index (χ3v) is 7.50. The van der Waals surface area contributed by atoms with Gasteiger partial charge in [-0.05, 0) is 47.4 Å². The predicted octanol–water partition coefficient (Wildman–Crippen LogP) is 4.56. The highest BCUT2D eigenvalue weighted by molar-refractivity contribution is 6.01. The maximum atomic E-state index is 13.9. The maximum Gasteiger partial charge on any atom is 0.317 e. The van der Waals surface area contributed by atoms with Crippen LogP contribution in [0.15, 0.2) is 72.8 Å². The molecule has 8 heteroatoms. The summed E-state index contributed by atoms with van der Waals surface area (Å²) in [6, 6.07) is 22.5. The van der Waals surface area contributed by atoms with Gasteiger partial charge >= 0.3 is 6.03 Å². The van der Waals surface area contributed by atoms with E-state index in [1.807, 2.05) is 86.6 Å². The number of aliphatic hydroxyl groups excluding tert-OH is 1. The lowest BCUT2D eigenvalue weighted by Gasteiger charge is -2.35. The van der Waals surface area contributed by atoms with Gasteiger partial charge in [0.15, 0.2) is 0 Å². The molecule has 3 atom stereocenters. The van der Waals surface area contributed by atoms with Crippen LogP contribution in [-0.4, -0.2) is 72.8 Å². The highest BCUT2D eigenvalue weighted by Crippen LogP contribution is 2.31. The number of ether oxygens (including phenoxy) is 2. The number of aliphatic hydroxyl groups is 1. The summed E-state index contributed by atoms with van der Waals surface area (Å²) >= 11 is 0. The molecule has 0 unspecified atom stereocenters. The molecule has 0 aromatic heterocycles. The van der Waals surface area contributed by atoms with Crippen LogP contribution in [0, 0.1) is 5.92 Å². The zero-order valence-corrected chi connectivity index (χ0v) is 23.7. The van der Waals surface area contributed by atoms with Gasteiger partial charge in [-0.2, -0.15) is 0 Å². The van der Waals surface area contributed by atoms with Crippen molar-refractivity contribution < 1.29 is 24.2 Å².